The molecule has 1 aliphatic heterocycles. The summed E-state index contributed by atoms with van der Waals surface area (Å²) >= 11 is 0. The maximum absolute atomic E-state index is 13.4. The molecule has 1 amide bonds. The molecule has 1 fully saturated rings. The van der Waals surface area contributed by atoms with Crippen LogP contribution in [0.1, 0.15) is 35.7 Å². The molecule has 0 spiro atoms. The number of rotatable bonds is 4. The van der Waals surface area contributed by atoms with Crippen LogP contribution in [0.2, 0.25) is 0 Å². The normalized spacial score (nSPS) is 16.1. The van der Waals surface area contributed by atoms with Gasteiger partial charge in [0.25, 0.3) is 5.91 Å². The number of nitrogens with one attached hydrogen (secondary N) is 1. The Balaban J connectivity index is 2.09. The minimum Gasteiger partial charge on any atom is -0.339 e. The molecule has 0 unspecified atom stereocenters. The van der Waals surface area contributed by atoms with E-state index in [-0.39, 0.29) is 11.7 Å². The molecule has 0 aromatic heterocycles. The lowest BCUT2D eigenvalue weighted by Gasteiger charge is -2.29. The van der Waals surface area contributed by atoms with Crippen molar-refractivity contribution in [3.05, 3.63) is 35.1 Å². The fourth-order valence-electron chi connectivity index (χ4n) is 2.73. The van der Waals surface area contributed by atoms with Crippen LogP contribution in [0.4, 0.5) is 4.39 Å². The van der Waals surface area contributed by atoms with Crippen LogP contribution in [0, 0.1) is 18.7 Å². The van der Waals surface area contributed by atoms with E-state index in [1.54, 1.807) is 6.07 Å². The average Bonchev–Trinajstić information content (AvgIpc) is 2.47. The van der Waals surface area contributed by atoms with Gasteiger partial charge >= 0.3 is 0 Å². The Kier molecular flexibility index (Phi) is 5.12. The molecular weight excluding hydrogens is 255 g/mol. The van der Waals surface area contributed by atoms with Crippen LogP contribution >= 0.6 is 0 Å². The minimum absolute atomic E-state index is 0.0527. The summed E-state index contributed by atoms with van der Waals surface area (Å²) in [6.45, 7) is 7.31. The molecule has 0 radical (unpaired) electrons. The summed E-state index contributed by atoms with van der Waals surface area (Å²) in [5, 5.41) is 3.33. The summed E-state index contributed by atoms with van der Waals surface area (Å²) in [5.74, 6) is 0.147. The monoisotopic (exact) mass is 278 g/mol. The first-order valence-electron chi connectivity index (χ1n) is 7.38. The lowest BCUT2D eigenvalue weighted by atomic mass is 9.97. The van der Waals surface area contributed by atoms with E-state index in [1.165, 1.54) is 12.1 Å². The average molecular weight is 278 g/mol. The van der Waals surface area contributed by atoms with Gasteiger partial charge in [-0.3, -0.25) is 4.79 Å². The second-order valence-electron chi connectivity index (χ2n) is 5.50. The number of halogens is 1. The van der Waals surface area contributed by atoms with Gasteiger partial charge < -0.3 is 10.2 Å². The number of amides is 1. The van der Waals surface area contributed by atoms with Crippen LogP contribution in [0.25, 0.3) is 0 Å². The molecule has 1 saturated heterocycles. The van der Waals surface area contributed by atoms with Gasteiger partial charge in [-0.1, -0.05) is 6.07 Å². The zero-order chi connectivity index (χ0) is 14.5. The van der Waals surface area contributed by atoms with Gasteiger partial charge in [0.05, 0.1) is 0 Å². The number of hydrogen-bond acceptors (Lipinski definition) is 2. The Bertz CT molecular complexity index is 470. The molecular formula is C16H23FN2O. The van der Waals surface area contributed by atoms with Gasteiger partial charge in [0, 0.05) is 18.7 Å². The Morgan fingerprint density at radius 2 is 2.10 bits per heavy atom. The van der Waals surface area contributed by atoms with Crippen LogP contribution < -0.4 is 5.32 Å². The highest BCUT2D eigenvalue weighted by molar-refractivity contribution is 5.95. The van der Waals surface area contributed by atoms with E-state index in [0.29, 0.717) is 18.0 Å². The van der Waals surface area contributed by atoms with Gasteiger partial charge in [-0.05, 0) is 63.4 Å². The Labute approximate surface area is 120 Å². The Hall–Kier alpha value is -1.42. The zero-order valence-electron chi connectivity index (χ0n) is 12.3. The number of aryl methyl sites for hydroxylation is 1. The SMILES string of the molecule is CCN(CC1CCNCC1)C(=O)c1cc(F)ccc1C. The molecule has 1 N–H and O–H groups in total. The third-order valence-electron chi connectivity index (χ3n) is 4.04. The largest absolute Gasteiger partial charge is 0.339 e. The van der Waals surface area contributed by atoms with E-state index < -0.39 is 0 Å². The lowest BCUT2D eigenvalue weighted by molar-refractivity contribution is 0.0725. The second kappa shape index (κ2) is 6.84. The number of nitrogens with zero attached hydrogens (tertiary/aromatic N) is 1. The highest BCUT2D eigenvalue weighted by Gasteiger charge is 2.21. The van der Waals surface area contributed by atoms with Gasteiger partial charge in [-0.15, -0.1) is 0 Å². The summed E-state index contributed by atoms with van der Waals surface area (Å²) < 4.78 is 13.4. The maximum atomic E-state index is 13.4. The minimum atomic E-state index is -0.350. The van der Waals surface area contributed by atoms with Crippen LogP contribution in [0.3, 0.4) is 0 Å². The summed E-state index contributed by atoms with van der Waals surface area (Å²) in [6, 6.07) is 4.42. The fourth-order valence-corrected chi connectivity index (χ4v) is 2.73. The van der Waals surface area contributed by atoms with Crippen LogP contribution in [0.15, 0.2) is 18.2 Å². The molecule has 0 aliphatic carbocycles. The standard InChI is InChI=1S/C16H23FN2O/c1-3-19(11-13-6-8-18-9-7-13)16(20)15-10-14(17)5-4-12(15)2/h4-5,10,13,18H,3,6-9,11H2,1-2H3. The van der Waals surface area contributed by atoms with E-state index in [4.69, 9.17) is 0 Å². The molecule has 1 heterocycles. The Morgan fingerprint density at radius 1 is 1.40 bits per heavy atom. The third kappa shape index (κ3) is 3.57. The zero-order valence-corrected chi connectivity index (χ0v) is 12.3. The highest BCUT2D eigenvalue weighted by Crippen LogP contribution is 2.17. The highest BCUT2D eigenvalue weighted by atomic mass is 19.1. The van der Waals surface area contributed by atoms with Crippen molar-refractivity contribution in [3.8, 4) is 0 Å². The van der Waals surface area contributed by atoms with E-state index in [1.807, 2.05) is 18.7 Å². The van der Waals surface area contributed by atoms with Crippen molar-refractivity contribution >= 4 is 5.91 Å². The van der Waals surface area contributed by atoms with Gasteiger partial charge in [0.15, 0.2) is 0 Å². The van der Waals surface area contributed by atoms with Crippen LogP contribution in [-0.2, 0) is 0 Å². The van der Waals surface area contributed by atoms with Gasteiger partial charge in [-0.2, -0.15) is 0 Å². The smallest absolute Gasteiger partial charge is 0.254 e. The number of carbonyl (C=O) groups excluding carboxylic acids is 1. The lowest BCUT2D eigenvalue weighted by Crippen LogP contribution is -2.39. The van der Waals surface area contributed by atoms with Crippen LogP contribution in [-0.4, -0.2) is 37.0 Å². The van der Waals surface area contributed by atoms with Crippen molar-refractivity contribution in [3.63, 3.8) is 0 Å². The molecule has 2 rings (SSSR count). The van der Waals surface area contributed by atoms with Gasteiger partial charge in [-0.25, -0.2) is 4.39 Å². The Morgan fingerprint density at radius 3 is 2.75 bits per heavy atom. The molecule has 1 aliphatic rings. The molecule has 1 aromatic carbocycles. The van der Waals surface area contributed by atoms with E-state index in [2.05, 4.69) is 5.32 Å². The van der Waals surface area contributed by atoms with Gasteiger partial charge in [0.2, 0.25) is 0 Å². The van der Waals surface area contributed by atoms with Crippen molar-refractivity contribution in [2.24, 2.45) is 5.92 Å². The summed E-state index contributed by atoms with van der Waals surface area (Å²) in [7, 11) is 0. The molecule has 4 heteroatoms. The number of carbonyl (C=O) groups is 1. The molecule has 20 heavy (non-hydrogen) atoms. The van der Waals surface area contributed by atoms with Gasteiger partial charge in [0.1, 0.15) is 5.82 Å². The van der Waals surface area contributed by atoms with Crippen molar-refractivity contribution in [1.29, 1.82) is 0 Å². The maximum Gasteiger partial charge on any atom is 0.254 e. The summed E-state index contributed by atoms with van der Waals surface area (Å²) in [4.78, 5) is 14.4. The van der Waals surface area contributed by atoms with Crippen LogP contribution in [0.5, 0.6) is 0 Å². The molecule has 0 saturated carbocycles. The summed E-state index contributed by atoms with van der Waals surface area (Å²) in [5.41, 5.74) is 1.32. The first kappa shape index (κ1) is 15.0. The van der Waals surface area contributed by atoms with E-state index in [0.717, 1.165) is 38.0 Å². The molecule has 0 atom stereocenters. The van der Waals surface area contributed by atoms with E-state index >= 15 is 0 Å². The predicted molar refractivity (Wildman–Crippen MR) is 78.3 cm³/mol. The van der Waals surface area contributed by atoms with Crippen molar-refractivity contribution < 1.29 is 9.18 Å². The predicted octanol–water partition coefficient (Wildman–Crippen LogP) is 2.60. The topological polar surface area (TPSA) is 32.3 Å². The number of hydrogen-bond donors (Lipinski definition) is 1. The van der Waals surface area contributed by atoms with Crippen molar-refractivity contribution in [1.82, 2.24) is 10.2 Å². The molecule has 110 valence electrons. The summed E-state index contributed by atoms with van der Waals surface area (Å²) in [6.07, 6.45) is 2.21. The molecule has 0 bridgehead atoms. The second-order valence-corrected chi connectivity index (χ2v) is 5.50. The number of piperidine rings is 1. The third-order valence-corrected chi connectivity index (χ3v) is 4.04. The molecule has 3 nitrogen and oxygen atoms in total. The van der Waals surface area contributed by atoms with E-state index in [9.17, 15) is 9.18 Å². The first-order chi connectivity index (χ1) is 9.61. The quantitative estimate of drug-likeness (QED) is 0.918. The molecule has 1 aromatic rings. The fraction of sp³-hybridized carbons (Fsp3) is 0.562. The van der Waals surface area contributed by atoms with Crippen molar-refractivity contribution in [2.75, 3.05) is 26.2 Å². The number of benzene rings is 1. The van der Waals surface area contributed by atoms with Crippen molar-refractivity contribution in [2.45, 2.75) is 26.7 Å². The first-order valence-corrected chi connectivity index (χ1v) is 7.38.